The van der Waals surface area contributed by atoms with Crippen molar-refractivity contribution in [3.05, 3.63) is 66.8 Å². The molecule has 4 rings (SSSR count). The van der Waals surface area contributed by atoms with E-state index in [4.69, 9.17) is 0 Å². The van der Waals surface area contributed by atoms with Crippen molar-refractivity contribution in [3.63, 3.8) is 0 Å². The smallest absolute Gasteiger partial charge is 0.254 e. The summed E-state index contributed by atoms with van der Waals surface area (Å²) in [5, 5.41) is 0. The molecule has 0 saturated carbocycles. The number of amides is 1. The predicted octanol–water partition coefficient (Wildman–Crippen LogP) is 3.73. The number of carbonyl (C=O) groups is 1. The van der Waals surface area contributed by atoms with Gasteiger partial charge >= 0.3 is 0 Å². The van der Waals surface area contributed by atoms with Crippen molar-refractivity contribution in [2.24, 2.45) is 0 Å². The predicted molar refractivity (Wildman–Crippen MR) is 108 cm³/mol. The lowest BCUT2D eigenvalue weighted by atomic mass is 9.97. The zero-order chi connectivity index (χ0) is 19.3. The van der Waals surface area contributed by atoms with E-state index >= 15 is 0 Å². The third-order valence-electron chi connectivity index (χ3n) is 5.52. The molecule has 3 heterocycles. The average molecular weight is 375 g/mol. The number of carbonyl (C=O) groups excluding carboxylic acids is 1. The molecule has 3 aromatic rings. The second-order valence-corrected chi connectivity index (χ2v) is 7.31. The summed E-state index contributed by atoms with van der Waals surface area (Å²) in [5.41, 5.74) is 2.61. The molecule has 1 aromatic carbocycles. The maximum absolute atomic E-state index is 13.3. The van der Waals surface area contributed by atoms with Crippen LogP contribution in [-0.2, 0) is 6.54 Å². The third-order valence-corrected chi connectivity index (χ3v) is 5.52. The van der Waals surface area contributed by atoms with Gasteiger partial charge in [-0.05, 0) is 50.3 Å². The quantitative estimate of drug-likeness (QED) is 0.682. The normalized spacial score (nSPS) is 16.9. The van der Waals surface area contributed by atoms with E-state index in [0.717, 1.165) is 54.9 Å². The second kappa shape index (κ2) is 8.33. The Hall–Kier alpha value is -3.02. The number of rotatable bonds is 5. The van der Waals surface area contributed by atoms with Gasteiger partial charge in [0.15, 0.2) is 0 Å². The molecule has 0 bridgehead atoms. The van der Waals surface area contributed by atoms with Crippen molar-refractivity contribution < 1.29 is 4.79 Å². The van der Waals surface area contributed by atoms with Gasteiger partial charge in [-0.1, -0.05) is 12.1 Å². The topological polar surface area (TPSA) is 63.9 Å². The molecule has 1 saturated heterocycles. The minimum atomic E-state index is 0.116. The third kappa shape index (κ3) is 3.96. The second-order valence-electron chi connectivity index (χ2n) is 7.31. The Morgan fingerprint density at radius 2 is 2.04 bits per heavy atom. The molecule has 144 valence electrons. The molecule has 6 heteroatoms. The fraction of sp³-hybridized carbons (Fsp3) is 0.364. The first-order valence-electron chi connectivity index (χ1n) is 9.86. The van der Waals surface area contributed by atoms with Gasteiger partial charge < -0.3 is 9.47 Å². The highest BCUT2D eigenvalue weighted by atomic mass is 16.2. The fourth-order valence-electron chi connectivity index (χ4n) is 3.94. The van der Waals surface area contributed by atoms with Crippen molar-refractivity contribution in [1.29, 1.82) is 0 Å². The van der Waals surface area contributed by atoms with Crippen LogP contribution in [0.2, 0.25) is 0 Å². The summed E-state index contributed by atoms with van der Waals surface area (Å²) in [6, 6.07) is 8.05. The monoisotopic (exact) mass is 375 g/mol. The Labute approximate surface area is 165 Å². The van der Waals surface area contributed by atoms with E-state index in [1.807, 2.05) is 43.6 Å². The van der Waals surface area contributed by atoms with Gasteiger partial charge in [0.25, 0.3) is 5.91 Å². The van der Waals surface area contributed by atoms with E-state index in [-0.39, 0.29) is 11.9 Å². The fourth-order valence-corrected chi connectivity index (χ4v) is 3.94. The summed E-state index contributed by atoms with van der Waals surface area (Å²) in [6.45, 7) is 3.73. The number of likely N-dealkylation sites (tertiary alicyclic amines) is 1. The van der Waals surface area contributed by atoms with Crippen LogP contribution in [0.15, 0.2) is 55.4 Å². The Bertz CT molecular complexity index is 937. The van der Waals surface area contributed by atoms with Crippen LogP contribution in [-0.4, -0.2) is 42.9 Å². The van der Waals surface area contributed by atoms with Gasteiger partial charge in [0.2, 0.25) is 0 Å². The van der Waals surface area contributed by atoms with Gasteiger partial charge in [-0.3, -0.25) is 4.79 Å². The first kappa shape index (κ1) is 18.3. The first-order valence-corrected chi connectivity index (χ1v) is 9.86. The molecule has 1 atom stereocenters. The standard InChI is InChI=1S/C22H25N5O/c1-17-25-9-12-26(17)11-8-21-7-2-3-10-27(21)22(28)19-6-4-5-18(13-19)20-14-23-16-24-15-20/h4-6,9,12-16,21H,2-3,7-8,10-11H2,1H3/t21-/m0/s1. The maximum atomic E-state index is 13.3. The number of aryl methyl sites for hydroxylation is 2. The highest BCUT2D eigenvalue weighted by Gasteiger charge is 2.27. The molecule has 0 aliphatic carbocycles. The van der Waals surface area contributed by atoms with Crippen LogP contribution in [0.3, 0.4) is 0 Å². The van der Waals surface area contributed by atoms with Crippen molar-refractivity contribution >= 4 is 5.91 Å². The molecule has 1 fully saturated rings. The molecule has 1 aliphatic rings. The zero-order valence-electron chi connectivity index (χ0n) is 16.2. The summed E-state index contributed by atoms with van der Waals surface area (Å²) in [6.07, 6.45) is 13.2. The zero-order valence-corrected chi connectivity index (χ0v) is 16.2. The maximum Gasteiger partial charge on any atom is 0.254 e. The van der Waals surface area contributed by atoms with E-state index in [0.29, 0.717) is 0 Å². The first-order chi connectivity index (χ1) is 13.7. The van der Waals surface area contributed by atoms with Gasteiger partial charge in [0.1, 0.15) is 12.2 Å². The molecule has 1 amide bonds. The van der Waals surface area contributed by atoms with Crippen LogP contribution in [0.25, 0.3) is 11.1 Å². The molecule has 2 aromatic heterocycles. The molecule has 0 spiro atoms. The molecule has 1 aliphatic heterocycles. The minimum absolute atomic E-state index is 0.116. The lowest BCUT2D eigenvalue weighted by molar-refractivity contribution is 0.0595. The molecular weight excluding hydrogens is 350 g/mol. The van der Waals surface area contributed by atoms with Crippen LogP contribution in [0, 0.1) is 6.92 Å². The van der Waals surface area contributed by atoms with Crippen LogP contribution in [0.5, 0.6) is 0 Å². The summed E-state index contributed by atoms with van der Waals surface area (Å²) in [4.78, 5) is 27.8. The van der Waals surface area contributed by atoms with Crippen LogP contribution in [0.1, 0.15) is 41.9 Å². The van der Waals surface area contributed by atoms with E-state index < -0.39 is 0 Å². The molecule has 0 radical (unpaired) electrons. The summed E-state index contributed by atoms with van der Waals surface area (Å²) in [5.74, 6) is 1.14. The molecule has 28 heavy (non-hydrogen) atoms. The lowest BCUT2D eigenvalue weighted by Crippen LogP contribution is -2.44. The van der Waals surface area contributed by atoms with E-state index in [2.05, 4.69) is 24.4 Å². The van der Waals surface area contributed by atoms with Gasteiger partial charge in [-0.25, -0.2) is 15.0 Å². The molecule has 6 nitrogen and oxygen atoms in total. The Morgan fingerprint density at radius 3 is 2.82 bits per heavy atom. The molecule has 0 unspecified atom stereocenters. The number of nitrogens with zero attached hydrogens (tertiary/aromatic N) is 5. The summed E-state index contributed by atoms with van der Waals surface area (Å²) < 4.78 is 2.16. The van der Waals surface area contributed by atoms with E-state index in [1.54, 1.807) is 12.4 Å². The Morgan fingerprint density at radius 1 is 1.18 bits per heavy atom. The highest BCUT2D eigenvalue weighted by molar-refractivity contribution is 5.95. The van der Waals surface area contributed by atoms with E-state index in [1.165, 1.54) is 12.7 Å². The van der Waals surface area contributed by atoms with Gasteiger partial charge in [0.05, 0.1) is 0 Å². The SMILES string of the molecule is Cc1nccn1CC[C@@H]1CCCCN1C(=O)c1cccc(-c2cncnc2)c1. The summed E-state index contributed by atoms with van der Waals surface area (Å²) in [7, 11) is 0. The van der Waals surface area contributed by atoms with Crippen LogP contribution < -0.4 is 0 Å². The molecular formula is C22H25N5O. The van der Waals surface area contributed by atoms with Crippen molar-refractivity contribution in [2.75, 3.05) is 6.54 Å². The highest BCUT2D eigenvalue weighted by Crippen LogP contribution is 2.25. The Kier molecular flexibility index (Phi) is 5.46. The molecule has 0 N–H and O–H groups in total. The largest absolute Gasteiger partial charge is 0.336 e. The van der Waals surface area contributed by atoms with Crippen LogP contribution in [0.4, 0.5) is 0 Å². The number of hydrogen-bond acceptors (Lipinski definition) is 4. The average Bonchev–Trinajstić information content (AvgIpc) is 3.17. The number of benzene rings is 1. The number of hydrogen-bond donors (Lipinski definition) is 0. The number of imidazole rings is 1. The number of piperidine rings is 1. The van der Waals surface area contributed by atoms with Crippen molar-refractivity contribution in [2.45, 2.75) is 45.2 Å². The lowest BCUT2D eigenvalue weighted by Gasteiger charge is -2.36. The number of aromatic nitrogens is 4. The van der Waals surface area contributed by atoms with E-state index in [9.17, 15) is 4.79 Å². The van der Waals surface area contributed by atoms with Gasteiger partial charge in [-0.2, -0.15) is 0 Å². The van der Waals surface area contributed by atoms with Crippen molar-refractivity contribution in [3.8, 4) is 11.1 Å². The van der Waals surface area contributed by atoms with Crippen molar-refractivity contribution in [1.82, 2.24) is 24.4 Å². The summed E-state index contributed by atoms with van der Waals surface area (Å²) >= 11 is 0. The van der Waals surface area contributed by atoms with Gasteiger partial charge in [0, 0.05) is 55.0 Å². The Balaban J connectivity index is 1.51. The van der Waals surface area contributed by atoms with Gasteiger partial charge in [-0.15, -0.1) is 0 Å². The van der Waals surface area contributed by atoms with Crippen LogP contribution >= 0.6 is 0 Å². The minimum Gasteiger partial charge on any atom is -0.336 e.